The van der Waals surface area contributed by atoms with Crippen LogP contribution in [0.4, 0.5) is 0 Å². The third kappa shape index (κ3) is 3.10. The normalized spacial score (nSPS) is 20.4. The number of hydrogen-bond donors (Lipinski definition) is 2. The number of phenols is 1. The van der Waals surface area contributed by atoms with Crippen LogP contribution in [-0.2, 0) is 4.79 Å². The molecule has 1 aromatic rings. The molecule has 0 atom stereocenters. The molecule has 0 bridgehead atoms. The van der Waals surface area contributed by atoms with Crippen LogP contribution in [0.3, 0.4) is 0 Å². The van der Waals surface area contributed by atoms with Crippen LogP contribution in [0.5, 0.6) is 11.5 Å². The first-order valence-corrected chi connectivity index (χ1v) is 7.84. The summed E-state index contributed by atoms with van der Waals surface area (Å²) in [5.74, 6) is 0.242. The molecule has 0 unspecified atom stereocenters. The Balaban J connectivity index is 1.77. The Morgan fingerprint density at radius 2 is 2.18 bits per heavy atom. The molecule has 2 aliphatic heterocycles. The van der Waals surface area contributed by atoms with E-state index in [0.717, 1.165) is 36.9 Å². The van der Waals surface area contributed by atoms with E-state index in [1.807, 2.05) is 0 Å². The molecule has 1 fully saturated rings. The number of rotatable bonds is 2. The van der Waals surface area contributed by atoms with Gasteiger partial charge in [-0.1, -0.05) is 6.07 Å². The first kappa shape index (κ1) is 14.9. The maximum Gasteiger partial charge on any atom is 0.286 e. The second-order valence-electron chi connectivity index (χ2n) is 4.98. The SMILES string of the molecule is COc1cc(C=C2SC(N3CCNCC3)=NC2=O)ccc1O. The minimum absolute atomic E-state index is 0.0767. The van der Waals surface area contributed by atoms with Gasteiger partial charge in [-0.2, -0.15) is 4.99 Å². The lowest BCUT2D eigenvalue weighted by Crippen LogP contribution is -2.45. The highest BCUT2D eigenvalue weighted by atomic mass is 32.2. The Morgan fingerprint density at radius 3 is 2.91 bits per heavy atom. The molecule has 116 valence electrons. The molecule has 0 radical (unpaired) electrons. The lowest BCUT2D eigenvalue weighted by Gasteiger charge is -2.27. The summed E-state index contributed by atoms with van der Waals surface area (Å²) in [5.41, 5.74) is 0.794. The molecule has 2 heterocycles. The fraction of sp³-hybridized carbons (Fsp3) is 0.333. The number of methoxy groups -OCH3 is 1. The monoisotopic (exact) mass is 319 g/mol. The highest BCUT2D eigenvalue weighted by Gasteiger charge is 2.26. The zero-order chi connectivity index (χ0) is 15.5. The summed E-state index contributed by atoms with van der Waals surface area (Å²) >= 11 is 1.39. The maximum atomic E-state index is 12.1. The lowest BCUT2D eigenvalue weighted by atomic mass is 10.2. The molecule has 0 saturated carbocycles. The van der Waals surface area contributed by atoms with Gasteiger partial charge in [0.2, 0.25) is 0 Å². The molecule has 7 heteroatoms. The van der Waals surface area contributed by atoms with E-state index in [9.17, 15) is 9.90 Å². The van der Waals surface area contributed by atoms with Gasteiger partial charge in [0.1, 0.15) is 0 Å². The number of piperazine rings is 1. The Morgan fingerprint density at radius 1 is 1.41 bits per heavy atom. The number of benzene rings is 1. The highest BCUT2D eigenvalue weighted by Crippen LogP contribution is 2.32. The van der Waals surface area contributed by atoms with Crippen molar-refractivity contribution in [2.24, 2.45) is 4.99 Å². The molecule has 22 heavy (non-hydrogen) atoms. The van der Waals surface area contributed by atoms with Crippen molar-refractivity contribution in [1.82, 2.24) is 10.2 Å². The van der Waals surface area contributed by atoms with Crippen LogP contribution in [0.25, 0.3) is 6.08 Å². The molecular weight excluding hydrogens is 302 g/mol. The molecule has 1 saturated heterocycles. The van der Waals surface area contributed by atoms with Crippen LogP contribution in [-0.4, -0.2) is 54.4 Å². The smallest absolute Gasteiger partial charge is 0.286 e. The number of thioether (sulfide) groups is 1. The Kier molecular flexibility index (Phi) is 4.35. The molecule has 0 spiro atoms. The van der Waals surface area contributed by atoms with E-state index in [1.165, 1.54) is 18.9 Å². The average molecular weight is 319 g/mol. The molecule has 2 N–H and O–H groups in total. The molecule has 0 aliphatic carbocycles. The largest absolute Gasteiger partial charge is 0.504 e. The molecular formula is C15H17N3O3S. The minimum Gasteiger partial charge on any atom is -0.504 e. The number of hydrogen-bond acceptors (Lipinski definition) is 6. The zero-order valence-corrected chi connectivity index (χ0v) is 13.0. The van der Waals surface area contributed by atoms with Gasteiger partial charge in [0.15, 0.2) is 16.7 Å². The number of phenolic OH excluding ortho intramolecular Hbond substituents is 1. The van der Waals surface area contributed by atoms with Crippen LogP contribution < -0.4 is 10.1 Å². The number of carbonyl (C=O) groups excluding carboxylic acids is 1. The van der Waals surface area contributed by atoms with Crippen LogP contribution in [0.2, 0.25) is 0 Å². The second kappa shape index (κ2) is 6.41. The van der Waals surface area contributed by atoms with Crippen LogP contribution >= 0.6 is 11.8 Å². The van der Waals surface area contributed by atoms with E-state index in [4.69, 9.17) is 4.74 Å². The summed E-state index contributed by atoms with van der Waals surface area (Å²) in [6.07, 6.45) is 1.77. The van der Waals surface area contributed by atoms with E-state index in [0.29, 0.717) is 10.7 Å². The number of aromatic hydroxyl groups is 1. The summed E-state index contributed by atoms with van der Waals surface area (Å²) in [6.45, 7) is 3.53. The van der Waals surface area contributed by atoms with Crippen molar-refractivity contribution in [3.05, 3.63) is 28.7 Å². The average Bonchev–Trinajstić information content (AvgIpc) is 2.91. The van der Waals surface area contributed by atoms with Crippen molar-refractivity contribution in [2.75, 3.05) is 33.3 Å². The van der Waals surface area contributed by atoms with E-state index >= 15 is 0 Å². The van der Waals surface area contributed by atoms with Gasteiger partial charge in [0, 0.05) is 26.2 Å². The van der Waals surface area contributed by atoms with Crippen LogP contribution in [0.15, 0.2) is 28.1 Å². The summed E-state index contributed by atoms with van der Waals surface area (Å²) in [6, 6.07) is 4.98. The zero-order valence-electron chi connectivity index (χ0n) is 12.2. The molecule has 2 aliphatic rings. The Labute approximate surface area is 132 Å². The van der Waals surface area contributed by atoms with Gasteiger partial charge < -0.3 is 20.1 Å². The maximum absolute atomic E-state index is 12.1. The van der Waals surface area contributed by atoms with E-state index < -0.39 is 0 Å². The number of nitrogens with zero attached hydrogens (tertiary/aromatic N) is 2. The molecule has 1 amide bonds. The second-order valence-corrected chi connectivity index (χ2v) is 5.99. The van der Waals surface area contributed by atoms with Gasteiger partial charge >= 0.3 is 0 Å². The van der Waals surface area contributed by atoms with Gasteiger partial charge in [-0.15, -0.1) is 0 Å². The third-order valence-corrected chi connectivity index (χ3v) is 4.54. The Hall–Kier alpha value is -1.99. The standard InChI is InChI=1S/C15H17N3O3S/c1-21-12-8-10(2-3-11(12)19)9-13-14(20)17-15(22-13)18-6-4-16-5-7-18/h2-3,8-9,16,19H,4-7H2,1H3. The number of amides is 1. The van der Waals surface area contributed by atoms with Crippen molar-refractivity contribution >= 4 is 28.9 Å². The number of ether oxygens (including phenoxy) is 1. The summed E-state index contributed by atoms with van der Waals surface area (Å²) in [7, 11) is 1.49. The van der Waals surface area contributed by atoms with Crippen LogP contribution in [0.1, 0.15) is 5.56 Å². The molecule has 0 aromatic heterocycles. The fourth-order valence-electron chi connectivity index (χ4n) is 2.32. The quantitative estimate of drug-likeness (QED) is 0.800. The van der Waals surface area contributed by atoms with Gasteiger partial charge in [-0.25, -0.2) is 0 Å². The predicted octanol–water partition coefficient (Wildman–Crippen LogP) is 1.28. The van der Waals surface area contributed by atoms with Crippen molar-refractivity contribution in [1.29, 1.82) is 0 Å². The lowest BCUT2D eigenvalue weighted by molar-refractivity contribution is -0.113. The molecule has 1 aromatic carbocycles. The first-order chi connectivity index (χ1) is 10.7. The van der Waals surface area contributed by atoms with Gasteiger partial charge in [-0.05, 0) is 35.5 Å². The van der Waals surface area contributed by atoms with Gasteiger partial charge in [0.05, 0.1) is 12.0 Å². The molecule has 6 nitrogen and oxygen atoms in total. The number of nitrogens with one attached hydrogen (secondary N) is 1. The van der Waals surface area contributed by atoms with Gasteiger partial charge in [0.25, 0.3) is 5.91 Å². The molecule has 3 rings (SSSR count). The van der Waals surface area contributed by atoms with Crippen molar-refractivity contribution < 1.29 is 14.6 Å². The first-order valence-electron chi connectivity index (χ1n) is 7.02. The Bertz CT molecular complexity index is 651. The topological polar surface area (TPSA) is 74.2 Å². The van der Waals surface area contributed by atoms with Crippen LogP contribution in [0, 0.1) is 0 Å². The minimum atomic E-state index is -0.217. The van der Waals surface area contributed by atoms with E-state index in [1.54, 1.807) is 24.3 Å². The number of aliphatic imine (C=N–C) groups is 1. The van der Waals surface area contributed by atoms with Crippen molar-refractivity contribution in [3.63, 3.8) is 0 Å². The summed E-state index contributed by atoms with van der Waals surface area (Å²) in [4.78, 5) is 18.9. The third-order valence-electron chi connectivity index (χ3n) is 3.50. The summed E-state index contributed by atoms with van der Waals surface area (Å²) in [5, 5.41) is 13.6. The predicted molar refractivity (Wildman–Crippen MR) is 87.1 cm³/mol. The van der Waals surface area contributed by atoms with E-state index in [2.05, 4.69) is 15.2 Å². The van der Waals surface area contributed by atoms with E-state index in [-0.39, 0.29) is 11.7 Å². The summed E-state index contributed by atoms with van der Waals surface area (Å²) < 4.78 is 5.08. The fourth-order valence-corrected chi connectivity index (χ4v) is 3.29. The number of amidine groups is 1. The highest BCUT2D eigenvalue weighted by molar-refractivity contribution is 8.18. The number of carbonyl (C=O) groups is 1. The van der Waals surface area contributed by atoms with Gasteiger partial charge in [-0.3, -0.25) is 4.79 Å². The van der Waals surface area contributed by atoms with Crippen molar-refractivity contribution in [3.8, 4) is 11.5 Å². The van der Waals surface area contributed by atoms with Crippen molar-refractivity contribution in [2.45, 2.75) is 0 Å².